The summed E-state index contributed by atoms with van der Waals surface area (Å²) < 4.78 is 0. The second-order valence-electron chi connectivity index (χ2n) is 7.75. The van der Waals surface area contributed by atoms with Crippen LogP contribution in [0.5, 0.6) is 0 Å². The third-order valence-corrected chi connectivity index (χ3v) is 6.12. The van der Waals surface area contributed by atoms with E-state index in [1.54, 1.807) is 6.92 Å². The monoisotopic (exact) mass is 378 g/mol. The SMILES string of the molecule is C/C=C/c1ccc([C@@H]2[C@H](CO)N(Cc3cncnc3)C23CN(C(C)=O)C3)cc1. The maximum Gasteiger partial charge on any atom is 0.219 e. The van der Waals surface area contributed by atoms with Crippen molar-refractivity contribution in [2.75, 3.05) is 19.7 Å². The Morgan fingerprint density at radius 3 is 2.50 bits per heavy atom. The molecule has 1 amide bonds. The van der Waals surface area contributed by atoms with Gasteiger partial charge < -0.3 is 10.0 Å². The number of rotatable bonds is 5. The molecule has 146 valence electrons. The third-order valence-electron chi connectivity index (χ3n) is 6.12. The number of aromatic nitrogens is 2. The number of aliphatic hydroxyl groups is 1. The van der Waals surface area contributed by atoms with Crippen LogP contribution < -0.4 is 0 Å². The van der Waals surface area contributed by atoms with Gasteiger partial charge in [-0.15, -0.1) is 0 Å². The molecule has 2 fully saturated rings. The number of benzene rings is 1. The van der Waals surface area contributed by atoms with E-state index in [9.17, 15) is 9.90 Å². The van der Waals surface area contributed by atoms with Crippen LogP contribution in [0, 0.1) is 0 Å². The quantitative estimate of drug-likeness (QED) is 0.863. The zero-order valence-electron chi connectivity index (χ0n) is 16.3. The van der Waals surface area contributed by atoms with Gasteiger partial charge in [-0.2, -0.15) is 0 Å². The lowest BCUT2D eigenvalue weighted by molar-refractivity contribution is -0.199. The summed E-state index contributed by atoms with van der Waals surface area (Å²) in [7, 11) is 0. The van der Waals surface area contributed by atoms with Crippen molar-refractivity contribution in [2.24, 2.45) is 0 Å². The van der Waals surface area contributed by atoms with E-state index in [1.807, 2.05) is 30.3 Å². The lowest BCUT2D eigenvalue weighted by Crippen LogP contribution is -2.84. The Labute approximate surface area is 165 Å². The molecule has 1 N–H and O–H groups in total. The predicted octanol–water partition coefficient (Wildman–Crippen LogP) is 2.07. The van der Waals surface area contributed by atoms with Crippen molar-refractivity contribution in [3.8, 4) is 0 Å². The summed E-state index contributed by atoms with van der Waals surface area (Å²) in [6.07, 6.45) is 9.25. The number of hydrogen-bond acceptors (Lipinski definition) is 5. The molecule has 6 heteroatoms. The third kappa shape index (κ3) is 3.02. The van der Waals surface area contributed by atoms with Crippen molar-refractivity contribution >= 4 is 12.0 Å². The molecule has 1 spiro atoms. The first kappa shape index (κ1) is 18.8. The van der Waals surface area contributed by atoms with E-state index in [-0.39, 0.29) is 30.0 Å². The Bertz CT molecular complexity index is 860. The number of hydrogen-bond donors (Lipinski definition) is 1. The van der Waals surface area contributed by atoms with Crippen LogP contribution in [0.4, 0.5) is 0 Å². The molecule has 0 aliphatic carbocycles. The van der Waals surface area contributed by atoms with E-state index in [0.717, 1.165) is 11.1 Å². The smallest absolute Gasteiger partial charge is 0.219 e. The second kappa shape index (κ2) is 7.45. The standard InChI is InChI=1S/C22H26N4O2/c1-3-4-17-5-7-19(8-6-17)21-20(12-27)26(11-18-9-23-15-24-10-18)22(21)13-25(14-22)16(2)28/h3-10,15,20-21,27H,11-14H2,1-2H3/b4-3+/t20-,21+/m0/s1. The van der Waals surface area contributed by atoms with Gasteiger partial charge in [-0.25, -0.2) is 9.97 Å². The van der Waals surface area contributed by atoms with E-state index < -0.39 is 0 Å². The summed E-state index contributed by atoms with van der Waals surface area (Å²) in [5, 5.41) is 10.2. The fourth-order valence-electron chi connectivity index (χ4n) is 4.81. The van der Waals surface area contributed by atoms with Gasteiger partial charge in [0.2, 0.25) is 5.91 Å². The average Bonchev–Trinajstić information content (AvgIpc) is 2.66. The number of nitrogens with zero attached hydrogens (tertiary/aromatic N) is 4. The first-order valence-corrected chi connectivity index (χ1v) is 9.68. The average molecular weight is 378 g/mol. The highest BCUT2D eigenvalue weighted by molar-refractivity contribution is 5.75. The van der Waals surface area contributed by atoms with Gasteiger partial charge >= 0.3 is 0 Å². The molecule has 0 radical (unpaired) electrons. The van der Waals surface area contributed by atoms with Crippen molar-refractivity contribution in [3.63, 3.8) is 0 Å². The molecule has 3 heterocycles. The molecule has 1 aromatic heterocycles. The van der Waals surface area contributed by atoms with Crippen LogP contribution in [0.3, 0.4) is 0 Å². The van der Waals surface area contributed by atoms with Crippen LogP contribution in [-0.4, -0.2) is 62.1 Å². The Balaban J connectivity index is 1.64. The highest BCUT2D eigenvalue weighted by Gasteiger charge is 2.65. The molecule has 2 atom stereocenters. The molecule has 2 aliphatic heterocycles. The van der Waals surface area contributed by atoms with E-state index >= 15 is 0 Å². The van der Waals surface area contributed by atoms with Gasteiger partial charge in [0.05, 0.1) is 12.1 Å². The van der Waals surface area contributed by atoms with Crippen LogP contribution in [0.2, 0.25) is 0 Å². The molecule has 0 bridgehead atoms. The van der Waals surface area contributed by atoms with Gasteiger partial charge in [0.15, 0.2) is 0 Å². The molecular weight excluding hydrogens is 352 g/mol. The second-order valence-corrected chi connectivity index (χ2v) is 7.75. The van der Waals surface area contributed by atoms with Crippen molar-refractivity contribution in [1.82, 2.24) is 19.8 Å². The maximum absolute atomic E-state index is 11.9. The number of amides is 1. The molecule has 0 saturated carbocycles. The highest BCUT2D eigenvalue weighted by atomic mass is 16.3. The largest absolute Gasteiger partial charge is 0.395 e. The molecule has 6 nitrogen and oxygen atoms in total. The van der Waals surface area contributed by atoms with Gasteiger partial charge in [0.1, 0.15) is 6.33 Å². The van der Waals surface area contributed by atoms with E-state index in [0.29, 0.717) is 19.6 Å². The molecule has 2 saturated heterocycles. The Hall–Kier alpha value is -2.57. The van der Waals surface area contributed by atoms with Crippen molar-refractivity contribution in [2.45, 2.75) is 37.9 Å². The van der Waals surface area contributed by atoms with Crippen LogP contribution in [0.15, 0.2) is 49.1 Å². The summed E-state index contributed by atoms with van der Waals surface area (Å²) in [5.74, 6) is 0.292. The van der Waals surface area contributed by atoms with Crippen molar-refractivity contribution < 1.29 is 9.90 Å². The lowest BCUT2D eigenvalue weighted by atomic mass is 9.60. The number of carbonyl (C=O) groups is 1. The number of likely N-dealkylation sites (tertiary alicyclic amines) is 2. The minimum Gasteiger partial charge on any atom is -0.395 e. The number of allylic oxidation sites excluding steroid dienone is 1. The summed E-state index contributed by atoms with van der Waals surface area (Å²) >= 11 is 0. The summed E-state index contributed by atoms with van der Waals surface area (Å²) in [4.78, 5) is 24.3. The van der Waals surface area contributed by atoms with Gasteiger partial charge in [-0.3, -0.25) is 9.69 Å². The molecule has 4 rings (SSSR count). The number of aliphatic hydroxyl groups excluding tert-OH is 1. The predicted molar refractivity (Wildman–Crippen MR) is 107 cm³/mol. The zero-order chi connectivity index (χ0) is 19.7. The van der Waals surface area contributed by atoms with E-state index in [1.165, 1.54) is 11.9 Å². The Morgan fingerprint density at radius 1 is 1.25 bits per heavy atom. The first-order chi connectivity index (χ1) is 13.6. The first-order valence-electron chi connectivity index (χ1n) is 9.68. The molecule has 2 aliphatic rings. The topological polar surface area (TPSA) is 69.6 Å². The van der Waals surface area contributed by atoms with Crippen LogP contribution in [-0.2, 0) is 11.3 Å². The molecule has 28 heavy (non-hydrogen) atoms. The van der Waals surface area contributed by atoms with Crippen LogP contribution in [0.25, 0.3) is 6.08 Å². The van der Waals surface area contributed by atoms with Gasteiger partial charge in [-0.1, -0.05) is 36.4 Å². The van der Waals surface area contributed by atoms with E-state index in [2.05, 4.69) is 45.2 Å². The highest BCUT2D eigenvalue weighted by Crippen LogP contribution is 2.54. The van der Waals surface area contributed by atoms with Crippen molar-refractivity contribution in [1.29, 1.82) is 0 Å². The van der Waals surface area contributed by atoms with Crippen molar-refractivity contribution in [3.05, 3.63) is 65.8 Å². The Kier molecular flexibility index (Phi) is 5.00. The van der Waals surface area contributed by atoms with Gasteiger partial charge in [0.25, 0.3) is 0 Å². The van der Waals surface area contributed by atoms with Gasteiger partial charge in [-0.05, 0) is 18.1 Å². The number of carbonyl (C=O) groups excluding carboxylic acids is 1. The fraction of sp³-hybridized carbons (Fsp3) is 0.409. The minimum atomic E-state index is -0.142. The molecular formula is C22H26N4O2. The van der Waals surface area contributed by atoms with Crippen LogP contribution in [0.1, 0.15) is 36.5 Å². The summed E-state index contributed by atoms with van der Waals surface area (Å²) in [6.45, 7) is 5.75. The Morgan fingerprint density at radius 2 is 1.93 bits per heavy atom. The zero-order valence-corrected chi connectivity index (χ0v) is 16.3. The summed E-state index contributed by atoms with van der Waals surface area (Å²) in [5.41, 5.74) is 3.26. The lowest BCUT2D eigenvalue weighted by Gasteiger charge is -2.70. The maximum atomic E-state index is 11.9. The minimum absolute atomic E-state index is 0.0156. The fourth-order valence-corrected chi connectivity index (χ4v) is 4.81. The molecule has 0 unspecified atom stereocenters. The normalized spacial score (nSPS) is 23.6. The molecule has 1 aromatic carbocycles. The van der Waals surface area contributed by atoms with E-state index in [4.69, 9.17) is 0 Å². The summed E-state index contributed by atoms with van der Waals surface area (Å²) in [6, 6.07) is 8.56. The molecule has 2 aromatic rings. The van der Waals surface area contributed by atoms with Gasteiger partial charge in [0, 0.05) is 56.5 Å². The van der Waals surface area contributed by atoms with Crippen LogP contribution >= 0.6 is 0 Å².